The molecule has 34 heavy (non-hydrogen) atoms. The minimum Gasteiger partial charge on any atom is -0.342 e. The molecule has 1 saturated heterocycles. The molecule has 1 aromatic heterocycles. The molecule has 2 aliphatic rings. The fraction of sp³-hybridized carbons (Fsp3) is 0.308. The Labute approximate surface area is 197 Å². The summed E-state index contributed by atoms with van der Waals surface area (Å²) >= 11 is 0. The average Bonchev–Trinajstić information content (AvgIpc) is 3.28. The number of anilines is 1. The maximum atomic E-state index is 13.2. The summed E-state index contributed by atoms with van der Waals surface area (Å²) in [4.78, 5) is 46.8. The molecule has 8 nitrogen and oxygen atoms in total. The summed E-state index contributed by atoms with van der Waals surface area (Å²) < 4.78 is 0. The molecule has 3 amide bonds. The van der Waals surface area contributed by atoms with Gasteiger partial charge in [-0.05, 0) is 49.1 Å². The number of amides is 3. The Morgan fingerprint density at radius 2 is 1.82 bits per heavy atom. The van der Waals surface area contributed by atoms with Crippen molar-refractivity contribution < 1.29 is 14.4 Å². The predicted octanol–water partition coefficient (Wildman–Crippen LogP) is 3.65. The average molecular weight is 458 g/mol. The number of aromatic nitrogens is 2. The number of fused-ring (bicyclic) bond motifs is 2. The van der Waals surface area contributed by atoms with Crippen LogP contribution in [0.5, 0.6) is 0 Å². The number of hydrazine groups is 1. The number of nitrogens with zero attached hydrogens (tertiary/aromatic N) is 2. The van der Waals surface area contributed by atoms with E-state index in [0.29, 0.717) is 29.9 Å². The number of aromatic amines is 1. The van der Waals surface area contributed by atoms with Crippen molar-refractivity contribution in [3.05, 3.63) is 72.1 Å². The first-order valence-corrected chi connectivity index (χ1v) is 11.6. The van der Waals surface area contributed by atoms with Crippen molar-refractivity contribution in [2.75, 3.05) is 5.01 Å². The minimum atomic E-state index is -0.380. The quantitative estimate of drug-likeness (QED) is 0.508. The van der Waals surface area contributed by atoms with Crippen LogP contribution in [0.1, 0.15) is 48.9 Å². The van der Waals surface area contributed by atoms with E-state index in [-0.39, 0.29) is 41.5 Å². The van der Waals surface area contributed by atoms with Gasteiger partial charge in [0.05, 0.1) is 34.6 Å². The molecule has 174 valence electrons. The van der Waals surface area contributed by atoms with Crippen molar-refractivity contribution in [1.82, 2.24) is 20.7 Å². The first kappa shape index (κ1) is 21.9. The van der Waals surface area contributed by atoms with Gasteiger partial charge >= 0.3 is 0 Å². The molecule has 1 fully saturated rings. The van der Waals surface area contributed by atoms with Crippen LogP contribution in [-0.2, 0) is 9.59 Å². The minimum absolute atomic E-state index is 0.0898. The number of imidazole rings is 1. The second kappa shape index (κ2) is 8.78. The highest BCUT2D eigenvalue weighted by molar-refractivity contribution is 6.05. The number of carbonyl (C=O) groups is 3. The predicted molar refractivity (Wildman–Crippen MR) is 129 cm³/mol. The van der Waals surface area contributed by atoms with Gasteiger partial charge in [0.25, 0.3) is 5.91 Å². The van der Waals surface area contributed by atoms with Crippen molar-refractivity contribution in [3.8, 4) is 0 Å². The third kappa shape index (κ3) is 3.96. The van der Waals surface area contributed by atoms with E-state index in [1.165, 1.54) is 5.01 Å². The Kier molecular flexibility index (Phi) is 5.65. The van der Waals surface area contributed by atoms with Crippen LogP contribution in [0.3, 0.4) is 0 Å². The summed E-state index contributed by atoms with van der Waals surface area (Å²) in [6.45, 7) is 4.04. The largest absolute Gasteiger partial charge is 0.342 e. The molecule has 1 aliphatic heterocycles. The second-order valence-electron chi connectivity index (χ2n) is 9.19. The summed E-state index contributed by atoms with van der Waals surface area (Å²) in [5.74, 6) is -0.550. The number of benzene rings is 2. The Bertz CT molecular complexity index is 1260. The number of hydrogen-bond acceptors (Lipinski definition) is 4. The van der Waals surface area contributed by atoms with E-state index in [2.05, 4.69) is 20.7 Å². The number of allylic oxidation sites excluding steroid dienone is 2. The van der Waals surface area contributed by atoms with Gasteiger partial charge in [0.2, 0.25) is 11.8 Å². The molecule has 0 bridgehead atoms. The molecule has 3 unspecified atom stereocenters. The van der Waals surface area contributed by atoms with Gasteiger partial charge in [-0.2, -0.15) is 0 Å². The lowest BCUT2D eigenvalue weighted by molar-refractivity contribution is -0.139. The standard InChI is InChI=1S/C26H27N5O3/c1-15(2)22(23-27-20-12-5-6-13-21(20)28-23)29-24(32)16-8-7-9-17(14-16)31-26(34)19-11-4-3-10-18(19)25(33)30-31/h3-9,12-15,18-19,22H,10-11H2,1-2H3,(H,27,28)(H,29,32)(H,30,33). The van der Waals surface area contributed by atoms with Crippen LogP contribution in [-0.4, -0.2) is 27.7 Å². The smallest absolute Gasteiger partial charge is 0.251 e. The zero-order chi connectivity index (χ0) is 23.8. The number of hydrogen-bond donors (Lipinski definition) is 3. The summed E-state index contributed by atoms with van der Waals surface area (Å²) in [7, 11) is 0. The Morgan fingerprint density at radius 3 is 2.59 bits per heavy atom. The summed E-state index contributed by atoms with van der Waals surface area (Å²) in [6.07, 6.45) is 5.00. The van der Waals surface area contributed by atoms with E-state index in [0.717, 1.165) is 11.0 Å². The second-order valence-corrected chi connectivity index (χ2v) is 9.19. The maximum absolute atomic E-state index is 13.2. The van der Waals surface area contributed by atoms with E-state index >= 15 is 0 Å². The normalized spacial score (nSPS) is 20.9. The van der Waals surface area contributed by atoms with E-state index in [1.54, 1.807) is 24.3 Å². The summed E-state index contributed by atoms with van der Waals surface area (Å²) in [6, 6.07) is 14.2. The fourth-order valence-corrected chi connectivity index (χ4v) is 4.66. The fourth-order valence-electron chi connectivity index (χ4n) is 4.66. The molecule has 1 aliphatic carbocycles. The first-order valence-electron chi connectivity index (χ1n) is 11.6. The molecule has 0 radical (unpaired) electrons. The van der Waals surface area contributed by atoms with Gasteiger partial charge in [0.15, 0.2) is 0 Å². The summed E-state index contributed by atoms with van der Waals surface area (Å²) in [5.41, 5.74) is 5.32. The third-order valence-corrected chi connectivity index (χ3v) is 6.55. The Balaban J connectivity index is 1.38. The van der Waals surface area contributed by atoms with Crippen molar-refractivity contribution in [3.63, 3.8) is 0 Å². The van der Waals surface area contributed by atoms with Gasteiger partial charge in [0, 0.05) is 5.56 Å². The first-order chi connectivity index (χ1) is 16.4. The van der Waals surface area contributed by atoms with Crippen LogP contribution in [0.25, 0.3) is 11.0 Å². The molecular formula is C26H27N5O3. The van der Waals surface area contributed by atoms with Crippen LogP contribution < -0.4 is 15.8 Å². The molecule has 0 spiro atoms. The van der Waals surface area contributed by atoms with Crippen molar-refractivity contribution >= 4 is 34.4 Å². The van der Waals surface area contributed by atoms with E-state index < -0.39 is 0 Å². The van der Waals surface area contributed by atoms with E-state index in [9.17, 15) is 14.4 Å². The monoisotopic (exact) mass is 457 g/mol. The number of H-pyrrole nitrogens is 1. The summed E-state index contributed by atoms with van der Waals surface area (Å²) in [5, 5.41) is 4.35. The van der Waals surface area contributed by atoms with Gasteiger partial charge in [-0.25, -0.2) is 9.99 Å². The topological polar surface area (TPSA) is 107 Å². The maximum Gasteiger partial charge on any atom is 0.251 e. The molecular weight excluding hydrogens is 430 g/mol. The molecule has 3 N–H and O–H groups in total. The Morgan fingerprint density at radius 1 is 1.06 bits per heavy atom. The van der Waals surface area contributed by atoms with Crippen LogP contribution >= 0.6 is 0 Å². The van der Waals surface area contributed by atoms with Gasteiger partial charge in [0.1, 0.15) is 5.82 Å². The highest BCUT2D eigenvalue weighted by atomic mass is 16.2. The number of para-hydroxylation sites is 2. The number of rotatable bonds is 5. The van der Waals surface area contributed by atoms with Gasteiger partial charge in [-0.3, -0.25) is 19.8 Å². The number of carbonyl (C=O) groups excluding carboxylic acids is 3. The molecule has 2 heterocycles. The van der Waals surface area contributed by atoms with E-state index in [1.807, 2.05) is 50.3 Å². The lowest BCUT2D eigenvalue weighted by Gasteiger charge is -2.38. The molecule has 3 atom stereocenters. The van der Waals surface area contributed by atoms with Gasteiger partial charge < -0.3 is 10.3 Å². The number of nitrogens with one attached hydrogen (secondary N) is 3. The van der Waals surface area contributed by atoms with Crippen LogP contribution in [0.4, 0.5) is 5.69 Å². The van der Waals surface area contributed by atoms with Crippen molar-refractivity contribution in [2.24, 2.45) is 17.8 Å². The highest BCUT2D eigenvalue weighted by Crippen LogP contribution is 2.32. The van der Waals surface area contributed by atoms with Crippen molar-refractivity contribution in [2.45, 2.75) is 32.7 Å². The molecule has 2 aromatic carbocycles. The molecule has 8 heteroatoms. The lowest BCUT2D eigenvalue weighted by atomic mass is 9.80. The van der Waals surface area contributed by atoms with Gasteiger partial charge in [-0.1, -0.05) is 44.2 Å². The van der Waals surface area contributed by atoms with Crippen LogP contribution in [0.2, 0.25) is 0 Å². The van der Waals surface area contributed by atoms with E-state index in [4.69, 9.17) is 0 Å². The molecule has 5 rings (SSSR count). The molecule has 3 aromatic rings. The van der Waals surface area contributed by atoms with Crippen LogP contribution in [0, 0.1) is 17.8 Å². The third-order valence-electron chi connectivity index (χ3n) is 6.55. The van der Waals surface area contributed by atoms with Gasteiger partial charge in [-0.15, -0.1) is 0 Å². The van der Waals surface area contributed by atoms with Crippen LogP contribution in [0.15, 0.2) is 60.7 Å². The Hall–Kier alpha value is -3.94. The highest BCUT2D eigenvalue weighted by Gasteiger charge is 2.42. The zero-order valence-electron chi connectivity index (χ0n) is 19.1. The lowest BCUT2D eigenvalue weighted by Crippen LogP contribution is -2.59. The molecule has 0 saturated carbocycles. The van der Waals surface area contributed by atoms with Crippen molar-refractivity contribution in [1.29, 1.82) is 0 Å². The SMILES string of the molecule is CC(C)C(NC(=O)c1cccc(N2NC(=O)C3CC=CCC3C2=O)c1)c1nc2ccccc2[nH]1. The zero-order valence-corrected chi connectivity index (χ0v) is 19.1.